The minimum absolute atomic E-state index is 0.0830. The van der Waals surface area contributed by atoms with Crippen molar-refractivity contribution >= 4 is 33.4 Å². The van der Waals surface area contributed by atoms with E-state index in [9.17, 15) is 9.59 Å². The molecule has 0 saturated carbocycles. The molecule has 0 aromatic heterocycles. The molecule has 84 valence electrons. The molecule has 1 heterocycles. The van der Waals surface area contributed by atoms with Crippen LogP contribution in [0.4, 0.5) is 5.69 Å². The summed E-state index contributed by atoms with van der Waals surface area (Å²) >= 11 is 3.34. The van der Waals surface area contributed by atoms with Crippen LogP contribution in [0, 0.1) is 0 Å². The van der Waals surface area contributed by atoms with Crippen molar-refractivity contribution in [1.29, 1.82) is 0 Å². The van der Waals surface area contributed by atoms with Crippen molar-refractivity contribution < 1.29 is 9.59 Å². The molecule has 0 radical (unpaired) electrons. The molecule has 1 N–H and O–H groups in total. The normalized spacial score (nSPS) is 20.9. The Morgan fingerprint density at radius 2 is 2.19 bits per heavy atom. The van der Waals surface area contributed by atoms with E-state index in [0.29, 0.717) is 0 Å². The summed E-state index contributed by atoms with van der Waals surface area (Å²) in [6.07, 6.45) is 0. The van der Waals surface area contributed by atoms with E-state index in [1.807, 2.05) is 24.3 Å². The first kappa shape index (κ1) is 11.1. The van der Waals surface area contributed by atoms with Crippen LogP contribution in [0.3, 0.4) is 0 Å². The molecule has 16 heavy (non-hydrogen) atoms. The molecule has 0 bridgehead atoms. The summed E-state index contributed by atoms with van der Waals surface area (Å²) < 4.78 is 0.886. The number of carbonyl (C=O) groups excluding carboxylic acids is 2. The highest BCUT2D eigenvalue weighted by Crippen LogP contribution is 2.21. The van der Waals surface area contributed by atoms with Crippen LogP contribution >= 0.6 is 15.9 Å². The van der Waals surface area contributed by atoms with Crippen molar-refractivity contribution in [3.63, 3.8) is 0 Å². The zero-order valence-electron chi connectivity index (χ0n) is 8.74. The fourth-order valence-corrected chi connectivity index (χ4v) is 2.05. The molecule has 1 aliphatic heterocycles. The standard InChI is InChI=1S/C11H11BrN2O2/c1-7-11(16)14(6-10(15)13-7)9-4-2-3-8(12)5-9/h2-5,7H,6H2,1H3,(H,13,15). The number of hydrogen-bond acceptors (Lipinski definition) is 2. The Morgan fingerprint density at radius 1 is 1.44 bits per heavy atom. The maximum absolute atomic E-state index is 11.9. The third kappa shape index (κ3) is 2.09. The molecule has 2 amide bonds. The van der Waals surface area contributed by atoms with Crippen LogP contribution in [0.1, 0.15) is 6.92 Å². The molecular formula is C11H11BrN2O2. The highest BCUT2D eigenvalue weighted by atomic mass is 79.9. The average molecular weight is 283 g/mol. The fourth-order valence-electron chi connectivity index (χ4n) is 1.67. The van der Waals surface area contributed by atoms with E-state index in [0.717, 1.165) is 10.2 Å². The van der Waals surface area contributed by atoms with Gasteiger partial charge in [-0.1, -0.05) is 22.0 Å². The molecule has 0 spiro atoms. The van der Waals surface area contributed by atoms with Crippen molar-refractivity contribution in [2.75, 3.05) is 11.4 Å². The number of nitrogens with zero attached hydrogens (tertiary/aromatic N) is 1. The molecule has 2 rings (SSSR count). The van der Waals surface area contributed by atoms with Gasteiger partial charge in [0, 0.05) is 10.2 Å². The van der Waals surface area contributed by atoms with E-state index in [1.54, 1.807) is 6.92 Å². The first-order chi connectivity index (χ1) is 7.58. The molecular weight excluding hydrogens is 272 g/mol. The van der Waals surface area contributed by atoms with Gasteiger partial charge in [0.15, 0.2) is 0 Å². The van der Waals surface area contributed by atoms with Gasteiger partial charge in [0.05, 0.1) is 0 Å². The van der Waals surface area contributed by atoms with Crippen molar-refractivity contribution in [2.24, 2.45) is 0 Å². The summed E-state index contributed by atoms with van der Waals surface area (Å²) in [6, 6.07) is 6.89. The third-order valence-electron chi connectivity index (χ3n) is 2.44. The highest BCUT2D eigenvalue weighted by molar-refractivity contribution is 9.10. The molecule has 4 nitrogen and oxygen atoms in total. The third-order valence-corrected chi connectivity index (χ3v) is 2.93. The summed E-state index contributed by atoms with van der Waals surface area (Å²) in [5.41, 5.74) is 0.737. The number of piperazine rings is 1. The number of benzene rings is 1. The van der Waals surface area contributed by atoms with Crippen molar-refractivity contribution in [1.82, 2.24) is 5.32 Å². The van der Waals surface area contributed by atoms with Crippen LogP contribution in [0.15, 0.2) is 28.7 Å². The number of halogens is 1. The fraction of sp³-hybridized carbons (Fsp3) is 0.273. The lowest BCUT2D eigenvalue weighted by atomic mass is 10.2. The lowest BCUT2D eigenvalue weighted by Crippen LogP contribution is -2.57. The van der Waals surface area contributed by atoms with Crippen LogP contribution < -0.4 is 10.2 Å². The molecule has 1 fully saturated rings. The van der Waals surface area contributed by atoms with Crippen molar-refractivity contribution in [2.45, 2.75) is 13.0 Å². The number of rotatable bonds is 1. The monoisotopic (exact) mass is 282 g/mol. The molecule has 1 atom stereocenters. The van der Waals surface area contributed by atoms with Crippen LogP contribution in [0.25, 0.3) is 0 Å². The molecule has 5 heteroatoms. The molecule has 1 aliphatic rings. The van der Waals surface area contributed by atoms with E-state index < -0.39 is 6.04 Å². The molecule has 0 aliphatic carbocycles. The molecule has 1 aromatic carbocycles. The van der Waals surface area contributed by atoms with Gasteiger partial charge in [-0.05, 0) is 25.1 Å². The second-order valence-corrected chi connectivity index (χ2v) is 4.61. The first-order valence-corrected chi connectivity index (χ1v) is 5.73. The topological polar surface area (TPSA) is 49.4 Å². The second kappa shape index (κ2) is 4.25. The number of carbonyl (C=O) groups is 2. The lowest BCUT2D eigenvalue weighted by molar-refractivity contribution is -0.130. The van der Waals surface area contributed by atoms with Gasteiger partial charge in [-0.3, -0.25) is 9.59 Å². The summed E-state index contributed by atoms with van der Waals surface area (Å²) in [7, 11) is 0. The highest BCUT2D eigenvalue weighted by Gasteiger charge is 2.30. The Labute approximate surface area is 102 Å². The zero-order chi connectivity index (χ0) is 11.7. The smallest absolute Gasteiger partial charge is 0.249 e. The molecule has 1 saturated heterocycles. The van der Waals surface area contributed by atoms with Gasteiger partial charge in [0.25, 0.3) is 0 Å². The van der Waals surface area contributed by atoms with Crippen LogP contribution in [0.2, 0.25) is 0 Å². The average Bonchev–Trinajstić information content (AvgIpc) is 2.23. The number of anilines is 1. The van der Waals surface area contributed by atoms with Crippen LogP contribution in [-0.2, 0) is 9.59 Å². The lowest BCUT2D eigenvalue weighted by Gasteiger charge is -2.30. The maximum Gasteiger partial charge on any atom is 0.249 e. The quantitative estimate of drug-likeness (QED) is 0.844. The van der Waals surface area contributed by atoms with E-state index in [4.69, 9.17) is 0 Å². The second-order valence-electron chi connectivity index (χ2n) is 3.69. The SMILES string of the molecule is CC1NC(=O)CN(c2cccc(Br)c2)C1=O. The summed E-state index contributed by atoms with van der Waals surface area (Å²) in [5, 5.41) is 2.60. The summed E-state index contributed by atoms with van der Waals surface area (Å²) in [6.45, 7) is 1.77. The van der Waals surface area contributed by atoms with Crippen LogP contribution in [-0.4, -0.2) is 24.4 Å². The van der Waals surface area contributed by atoms with Crippen molar-refractivity contribution in [3.8, 4) is 0 Å². The minimum Gasteiger partial charge on any atom is -0.343 e. The Kier molecular flexibility index (Phi) is 2.96. The van der Waals surface area contributed by atoms with Crippen LogP contribution in [0.5, 0.6) is 0 Å². The Bertz CT molecular complexity index is 447. The summed E-state index contributed by atoms with van der Waals surface area (Å²) in [4.78, 5) is 24.7. The number of nitrogens with one attached hydrogen (secondary N) is 1. The van der Waals surface area contributed by atoms with Gasteiger partial charge < -0.3 is 10.2 Å². The maximum atomic E-state index is 11.9. The predicted molar refractivity (Wildman–Crippen MR) is 64.1 cm³/mol. The van der Waals surface area contributed by atoms with E-state index in [2.05, 4.69) is 21.2 Å². The minimum atomic E-state index is -0.458. The van der Waals surface area contributed by atoms with Gasteiger partial charge >= 0.3 is 0 Å². The first-order valence-electron chi connectivity index (χ1n) is 4.94. The van der Waals surface area contributed by atoms with Gasteiger partial charge in [-0.15, -0.1) is 0 Å². The van der Waals surface area contributed by atoms with E-state index >= 15 is 0 Å². The molecule has 1 aromatic rings. The van der Waals surface area contributed by atoms with E-state index in [-0.39, 0.29) is 18.4 Å². The van der Waals surface area contributed by atoms with Crippen molar-refractivity contribution in [3.05, 3.63) is 28.7 Å². The van der Waals surface area contributed by atoms with Gasteiger partial charge in [-0.25, -0.2) is 0 Å². The Hall–Kier alpha value is -1.36. The number of amides is 2. The Morgan fingerprint density at radius 3 is 2.88 bits per heavy atom. The molecule has 1 unspecified atom stereocenters. The van der Waals surface area contributed by atoms with Gasteiger partial charge in [-0.2, -0.15) is 0 Å². The van der Waals surface area contributed by atoms with Gasteiger partial charge in [0.2, 0.25) is 11.8 Å². The van der Waals surface area contributed by atoms with Gasteiger partial charge in [0.1, 0.15) is 12.6 Å². The number of hydrogen-bond donors (Lipinski definition) is 1. The van der Waals surface area contributed by atoms with E-state index in [1.165, 1.54) is 4.90 Å². The zero-order valence-corrected chi connectivity index (χ0v) is 10.3. The Balaban J connectivity index is 2.32. The largest absolute Gasteiger partial charge is 0.343 e. The predicted octanol–water partition coefficient (Wildman–Crippen LogP) is 1.30. The summed E-state index contributed by atoms with van der Waals surface area (Å²) in [5.74, 6) is -0.218.